The van der Waals surface area contributed by atoms with E-state index < -0.39 is 33.9 Å². The van der Waals surface area contributed by atoms with E-state index in [1.807, 2.05) is 86.5 Å². The molecule has 0 bridgehead atoms. The molecule has 4 rings (SSSR count). The second-order valence-corrected chi connectivity index (χ2v) is 14.2. The van der Waals surface area contributed by atoms with Crippen LogP contribution in [0.3, 0.4) is 0 Å². The largest absolute Gasteiger partial charge is 0.449 e. The number of hydrogen-bond acceptors (Lipinski definition) is 10. The molecular formula is C42H52N6O8. The minimum Gasteiger partial charge on any atom is -0.449 e. The summed E-state index contributed by atoms with van der Waals surface area (Å²) >= 11 is 0. The normalized spacial score (nSPS) is 11.9. The van der Waals surface area contributed by atoms with Gasteiger partial charge in [0, 0.05) is 87.8 Å². The van der Waals surface area contributed by atoms with E-state index >= 15 is 0 Å². The standard InChI is InChI=1S/C42H52N6O8/c1-29(37-25-33(15-21-39(37)47(51)52)31-11-17-35(18-12-31)45(3)4)27-55-41(49)43-23-9-7-8-10-24-44-42(50)56-28-30(2)38-26-34(16-22-40(38)48(53)54)32-13-19-36(20-14-32)46(5)6/h11-22,25-26,29-30H,7-10,23-24,27-28H2,1-6H3,(H,43,49)(H,44,50). The van der Waals surface area contributed by atoms with E-state index in [9.17, 15) is 29.8 Å². The van der Waals surface area contributed by atoms with Crippen molar-refractivity contribution in [3.05, 3.63) is 116 Å². The molecule has 0 heterocycles. The van der Waals surface area contributed by atoms with E-state index in [-0.39, 0.29) is 24.6 Å². The van der Waals surface area contributed by atoms with Crippen LogP contribution in [0.5, 0.6) is 0 Å². The fourth-order valence-corrected chi connectivity index (χ4v) is 6.16. The molecule has 2 N–H and O–H groups in total. The van der Waals surface area contributed by atoms with Crippen LogP contribution in [0.2, 0.25) is 0 Å². The number of anilines is 2. The van der Waals surface area contributed by atoms with Crippen LogP contribution in [-0.2, 0) is 9.47 Å². The molecule has 0 fully saturated rings. The molecular weight excluding hydrogens is 716 g/mol. The van der Waals surface area contributed by atoms with Gasteiger partial charge >= 0.3 is 12.2 Å². The van der Waals surface area contributed by atoms with Crippen LogP contribution in [0.4, 0.5) is 32.3 Å². The second-order valence-electron chi connectivity index (χ2n) is 14.2. The van der Waals surface area contributed by atoms with Gasteiger partial charge in [0.15, 0.2) is 0 Å². The molecule has 2 atom stereocenters. The highest BCUT2D eigenvalue weighted by molar-refractivity contribution is 5.71. The van der Waals surface area contributed by atoms with Crippen LogP contribution in [0.1, 0.15) is 62.5 Å². The van der Waals surface area contributed by atoms with Crippen LogP contribution < -0.4 is 20.4 Å². The number of nitrogens with one attached hydrogen (secondary N) is 2. The van der Waals surface area contributed by atoms with Crippen molar-refractivity contribution in [2.45, 2.75) is 51.4 Å². The molecule has 0 radical (unpaired) electrons. The topological polar surface area (TPSA) is 169 Å². The molecule has 0 aromatic heterocycles. The van der Waals surface area contributed by atoms with Gasteiger partial charge in [0.05, 0.1) is 9.85 Å². The van der Waals surface area contributed by atoms with Gasteiger partial charge in [0.25, 0.3) is 11.4 Å². The molecule has 0 aliphatic heterocycles. The van der Waals surface area contributed by atoms with Gasteiger partial charge in [-0.1, -0.05) is 51.0 Å². The van der Waals surface area contributed by atoms with E-state index in [1.165, 1.54) is 12.1 Å². The number of alkyl carbamates (subject to hydrolysis) is 2. The molecule has 4 aromatic carbocycles. The van der Waals surface area contributed by atoms with E-state index in [1.54, 1.807) is 38.1 Å². The van der Waals surface area contributed by atoms with Crippen molar-refractivity contribution in [3.63, 3.8) is 0 Å². The Morgan fingerprint density at radius 2 is 0.911 bits per heavy atom. The number of amides is 2. The molecule has 0 spiro atoms. The molecule has 0 aliphatic rings. The maximum atomic E-state index is 12.4. The summed E-state index contributed by atoms with van der Waals surface area (Å²) in [6, 6.07) is 25.8. The van der Waals surface area contributed by atoms with Crippen LogP contribution in [0.15, 0.2) is 84.9 Å². The van der Waals surface area contributed by atoms with Gasteiger partial charge in [0.2, 0.25) is 0 Å². The third-order valence-corrected chi connectivity index (χ3v) is 9.52. The fourth-order valence-electron chi connectivity index (χ4n) is 6.16. The number of benzene rings is 4. The van der Waals surface area contributed by atoms with Gasteiger partial charge in [-0.2, -0.15) is 0 Å². The number of hydrogen-bond donors (Lipinski definition) is 2. The lowest BCUT2D eigenvalue weighted by Crippen LogP contribution is -2.27. The van der Waals surface area contributed by atoms with Gasteiger partial charge in [-0.05, 0) is 83.6 Å². The van der Waals surface area contributed by atoms with Crippen molar-refractivity contribution < 1.29 is 28.9 Å². The number of nitrogens with zero attached hydrogens (tertiary/aromatic N) is 4. The van der Waals surface area contributed by atoms with Gasteiger partial charge in [0.1, 0.15) is 13.2 Å². The molecule has 14 heteroatoms. The van der Waals surface area contributed by atoms with Crippen molar-refractivity contribution in [2.24, 2.45) is 0 Å². The lowest BCUT2D eigenvalue weighted by atomic mass is 9.95. The van der Waals surface area contributed by atoms with Crippen molar-refractivity contribution in [1.82, 2.24) is 10.6 Å². The maximum Gasteiger partial charge on any atom is 0.407 e. The lowest BCUT2D eigenvalue weighted by molar-refractivity contribution is -0.385. The number of carbonyl (C=O) groups excluding carboxylic acids is 2. The highest BCUT2D eigenvalue weighted by Crippen LogP contribution is 2.34. The quantitative estimate of drug-likeness (QED) is 0.0534. The average molecular weight is 769 g/mol. The van der Waals surface area contributed by atoms with Gasteiger partial charge in [-0.25, -0.2) is 9.59 Å². The SMILES string of the molecule is CC(COC(=O)NCCCCCCNC(=O)OCC(C)c1cc(-c2ccc(N(C)C)cc2)ccc1[N+](=O)[O-])c1cc(-c2ccc(N(C)C)cc2)ccc1[N+](=O)[O-]. The molecule has 4 aromatic rings. The first kappa shape index (κ1) is 42.6. The first-order valence-corrected chi connectivity index (χ1v) is 18.7. The Morgan fingerprint density at radius 1 is 0.571 bits per heavy atom. The Balaban J connectivity index is 1.13. The Labute approximate surface area is 328 Å². The molecule has 298 valence electrons. The number of nitro groups is 2. The molecule has 2 unspecified atom stereocenters. The first-order chi connectivity index (χ1) is 26.7. The van der Waals surface area contributed by atoms with Crippen LogP contribution in [0, 0.1) is 20.2 Å². The highest BCUT2D eigenvalue weighted by Gasteiger charge is 2.23. The van der Waals surface area contributed by atoms with Crippen LogP contribution >= 0.6 is 0 Å². The monoisotopic (exact) mass is 768 g/mol. The van der Waals surface area contributed by atoms with Crippen molar-refractivity contribution in [1.29, 1.82) is 0 Å². The second kappa shape index (κ2) is 20.5. The van der Waals surface area contributed by atoms with E-state index in [4.69, 9.17) is 9.47 Å². The average Bonchev–Trinajstić information content (AvgIpc) is 3.19. The Hall–Kier alpha value is -6.18. The summed E-state index contributed by atoms with van der Waals surface area (Å²) in [7, 11) is 7.82. The summed E-state index contributed by atoms with van der Waals surface area (Å²) in [4.78, 5) is 51.4. The third kappa shape index (κ3) is 12.2. The molecule has 56 heavy (non-hydrogen) atoms. The van der Waals surface area contributed by atoms with Gasteiger partial charge in [-0.3, -0.25) is 20.2 Å². The Morgan fingerprint density at radius 3 is 1.23 bits per heavy atom. The molecule has 0 aliphatic carbocycles. The van der Waals surface area contributed by atoms with E-state index in [0.29, 0.717) is 37.1 Å². The summed E-state index contributed by atoms with van der Waals surface area (Å²) in [6.45, 7) is 4.32. The minimum absolute atomic E-state index is 0.0226. The predicted octanol–water partition coefficient (Wildman–Crippen LogP) is 8.89. The number of unbranched alkanes of at least 4 members (excludes halogenated alkanes) is 3. The zero-order valence-corrected chi connectivity index (χ0v) is 32.9. The first-order valence-electron chi connectivity index (χ1n) is 18.7. The summed E-state index contributed by atoms with van der Waals surface area (Å²) in [5.41, 5.74) is 6.53. The van der Waals surface area contributed by atoms with Crippen molar-refractivity contribution >= 4 is 34.9 Å². The summed E-state index contributed by atoms with van der Waals surface area (Å²) in [5, 5.41) is 29.0. The molecule has 0 saturated carbocycles. The maximum absolute atomic E-state index is 12.4. The predicted molar refractivity (Wildman–Crippen MR) is 220 cm³/mol. The van der Waals surface area contributed by atoms with E-state index in [2.05, 4.69) is 10.6 Å². The Bertz CT molecular complexity index is 1810. The van der Waals surface area contributed by atoms with Gasteiger partial charge in [-0.15, -0.1) is 0 Å². The number of rotatable bonds is 19. The summed E-state index contributed by atoms with van der Waals surface area (Å²) < 4.78 is 10.8. The number of carbonyl (C=O) groups is 2. The van der Waals surface area contributed by atoms with Crippen LogP contribution in [0.25, 0.3) is 22.3 Å². The smallest absolute Gasteiger partial charge is 0.407 e. The number of ether oxygens (including phenoxy) is 2. The fraction of sp³-hybridized carbons (Fsp3) is 0.381. The van der Waals surface area contributed by atoms with E-state index in [0.717, 1.165) is 46.5 Å². The van der Waals surface area contributed by atoms with Crippen molar-refractivity contribution in [2.75, 3.05) is 64.3 Å². The third-order valence-electron chi connectivity index (χ3n) is 9.52. The lowest BCUT2D eigenvalue weighted by Gasteiger charge is -2.16. The summed E-state index contributed by atoms with van der Waals surface area (Å²) in [6.07, 6.45) is 1.82. The molecule has 0 saturated heterocycles. The van der Waals surface area contributed by atoms with Crippen LogP contribution in [-0.4, -0.2) is 76.5 Å². The zero-order chi connectivity index (χ0) is 40.8. The highest BCUT2D eigenvalue weighted by atomic mass is 16.6. The molecule has 2 amide bonds. The van der Waals surface area contributed by atoms with Crippen molar-refractivity contribution in [3.8, 4) is 22.3 Å². The molecule has 14 nitrogen and oxygen atoms in total. The Kier molecular flexibility index (Phi) is 15.6. The van der Waals surface area contributed by atoms with Gasteiger partial charge < -0.3 is 29.9 Å². The number of nitro benzene ring substituents is 2. The summed E-state index contributed by atoms with van der Waals surface area (Å²) in [5.74, 6) is -0.822. The minimum atomic E-state index is -0.593. The zero-order valence-electron chi connectivity index (χ0n) is 32.9.